The Morgan fingerprint density at radius 1 is 1.03 bits per heavy atom. The van der Waals surface area contributed by atoms with E-state index in [2.05, 4.69) is 4.85 Å². The largest absolute Gasteiger partial charge is 0.416 e. The molecule has 1 atom stereocenters. The van der Waals surface area contributed by atoms with E-state index in [-0.39, 0.29) is 17.5 Å². The minimum absolute atomic E-state index is 0.0258. The van der Waals surface area contributed by atoms with Crippen LogP contribution in [-0.2, 0) is 30.1 Å². The normalized spacial score (nSPS) is 14.2. The number of benzene rings is 2. The van der Waals surface area contributed by atoms with E-state index in [4.69, 9.17) is 6.57 Å². The van der Waals surface area contributed by atoms with Crippen molar-refractivity contribution < 1.29 is 36.2 Å². The van der Waals surface area contributed by atoms with Gasteiger partial charge in [0, 0.05) is 23.5 Å². The maximum Gasteiger partial charge on any atom is 0.416 e. The third kappa shape index (κ3) is 4.78. The number of carbonyl (C=O) groups excluding carboxylic acids is 1. The fourth-order valence-electron chi connectivity index (χ4n) is 3.33. The van der Waals surface area contributed by atoms with Crippen molar-refractivity contribution in [2.45, 2.75) is 37.8 Å². The SMILES string of the molecule is [C-]#[N+]c1ccc(CC(=O)[C@@](C)(O)Cn2ccc3cc(C(F)(F)F)ccc32)cc1C(F)(F)F. The van der Waals surface area contributed by atoms with Crippen LogP contribution in [0.5, 0.6) is 0 Å². The second-order valence-corrected chi connectivity index (χ2v) is 7.55. The molecule has 0 spiro atoms. The molecule has 3 aromatic rings. The van der Waals surface area contributed by atoms with Gasteiger partial charge < -0.3 is 9.67 Å². The first kappa shape index (κ1) is 23.3. The highest BCUT2D eigenvalue weighted by Gasteiger charge is 2.35. The summed E-state index contributed by atoms with van der Waals surface area (Å²) in [4.78, 5) is 15.5. The summed E-state index contributed by atoms with van der Waals surface area (Å²) in [5.74, 6) is -0.782. The molecular formula is C22H16F6N2O2. The van der Waals surface area contributed by atoms with E-state index < -0.39 is 47.0 Å². The fourth-order valence-corrected chi connectivity index (χ4v) is 3.33. The maximum atomic E-state index is 13.1. The summed E-state index contributed by atoms with van der Waals surface area (Å²) in [5, 5.41) is 10.9. The number of Topliss-reactive ketones (excluding diaryl/α,β-unsaturated/α-hetero) is 1. The van der Waals surface area contributed by atoms with E-state index in [1.54, 1.807) is 0 Å². The first-order valence-corrected chi connectivity index (χ1v) is 9.22. The summed E-state index contributed by atoms with van der Waals surface area (Å²) >= 11 is 0. The Morgan fingerprint density at radius 2 is 1.72 bits per heavy atom. The Hall–Kier alpha value is -3.32. The molecule has 3 rings (SSSR count). The molecule has 0 saturated heterocycles. The van der Waals surface area contributed by atoms with Crippen molar-refractivity contribution in [2.24, 2.45) is 0 Å². The summed E-state index contributed by atoms with van der Waals surface area (Å²) in [6.45, 7) is 7.72. The highest BCUT2D eigenvalue weighted by atomic mass is 19.4. The van der Waals surface area contributed by atoms with Gasteiger partial charge >= 0.3 is 12.4 Å². The number of alkyl halides is 6. The lowest BCUT2D eigenvalue weighted by molar-refractivity contribution is -0.138. The number of carbonyl (C=O) groups is 1. The number of ketones is 1. The molecule has 1 aromatic heterocycles. The number of rotatable bonds is 5. The van der Waals surface area contributed by atoms with Crippen LogP contribution >= 0.6 is 0 Å². The molecular weight excluding hydrogens is 438 g/mol. The van der Waals surface area contributed by atoms with Crippen molar-refractivity contribution in [3.8, 4) is 0 Å². The second-order valence-electron chi connectivity index (χ2n) is 7.55. The molecule has 1 heterocycles. The van der Waals surface area contributed by atoms with Crippen LogP contribution in [-0.4, -0.2) is 21.1 Å². The minimum Gasteiger partial charge on any atom is -0.380 e. The molecule has 32 heavy (non-hydrogen) atoms. The monoisotopic (exact) mass is 454 g/mol. The number of fused-ring (bicyclic) bond motifs is 1. The summed E-state index contributed by atoms with van der Waals surface area (Å²) in [6.07, 6.45) is -8.40. The summed E-state index contributed by atoms with van der Waals surface area (Å²) in [7, 11) is 0. The van der Waals surface area contributed by atoms with Gasteiger partial charge in [-0.1, -0.05) is 18.2 Å². The first-order valence-electron chi connectivity index (χ1n) is 9.22. The van der Waals surface area contributed by atoms with Crippen LogP contribution in [0.25, 0.3) is 15.7 Å². The number of nitrogens with zero attached hydrogens (tertiary/aromatic N) is 2. The average molecular weight is 454 g/mol. The molecule has 0 fully saturated rings. The third-order valence-electron chi connectivity index (χ3n) is 5.03. The van der Waals surface area contributed by atoms with E-state index in [0.717, 1.165) is 18.2 Å². The lowest BCUT2D eigenvalue weighted by Crippen LogP contribution is -2.40. The summed E-state index contributed by atoms with van der Waals surface area (Å²) in [5.41, 5.74) is -4.29. The number of halogens is 6. The number of hydrogen-bond acceptors (Lipinski definition) is 2. The van der Waals surface area contributed by atoms with Crippen molar-refractivity contribution in [2.75, 3.05) is 0 Å². The van der Waals surface area contributed by atoms with Gasteiger partial charge in [-0.05, 0) is 36.8 Å². The molecule has 4 nitrogen and oxygen atoms in total. The van der Waals surface area contributed by atoms with Crippen molar-refractivity contribution >= 4 is 22.4 Å². The van der Waals surface area contributed by atoms with Gasteiger partial charge in [0.15, 0.2) is 11.5 Å². The molecule has 0 radical (unpaired) electrons. The Kier molecular flexibility index (Phi) is 5.82. The first-order chi connectivity index (χ1) is 14.7. The van der Waals surface area contributed by atoms with E-state index in [1.807, 2.05) is 0 Å². The van der Waals surface area contributed by atoms with Crippen LogP contribution in [0.2, 0.25) is 0 Å². The van der Waals surface area contributed by atoms with Crippen LogP contribution in [0.3, 0.4) is 0 Å². The maximum absolute atomic E-state index is 13.1. The number of hydrogen-bond donors (Lipinski definition) is 1. The zero-order valence-electron chi connectivity index (χ0n) is 16.6. The molecule has 0 aliphatic heterocycles. The Balaban J connectivity index is 1.83. The molecule has 168 valence electrons. The van der Waals surface area contributed by atoms with Gasteiger partial charge in [0.25, 0.3) is 0 Å². The lowest BCUT2D eigenvalue weighted by Gasteiger charge is -2.23. The topological polar surface area (TPSA) is 46.6 Å². The van der Waals surface area contributed by atoms with Gasteiger partial charge in [-0.2, -0.15) is 26.3 Å². The van der Waals surface area contributed by atoms with Gasteiger partial charge in [0.05, 0.1) is 24.2 Å². The van der Waals surface area contributed by atoms with Crippen molar-refractivity contribution in [3.63, 3.8) is 0 Å². The Labute approximate surface area is 178 Å². The molecule has 0 aliphatic rings. The van der Waals surface area contributed by atoms with Gasteiger partial charge in [-0.25, -0.2) is 4.85 Å². The van der Waals surface area contributed by atoms with Gasteiger partial charge in [-0.15, -0.1) is 0 Å². The highest BCUT2D eigenvalue weighted by Crippen LogP contribution is 2.37. The van der Waals surface area contributed by atoms with Crippen molar-refractivity contribution in [3.05, 3.63) is 76.8 Å². The molecule has 0 amide bonds. The molecule has 0 unspecified atom stereocenters. The van der Waals surface area contributed by atoms with Crippen LogP contribution in [0, 0.1) is 6.57 Å². The zero-order chi connectivity index (χ0) is 23.9. The van der Waals surface area contributed by atoms with E-state index >= 15 is 0 Å². The fraction of sp³-hybridized carbons (Fsp3) is 0.273. The van der Waals surface area contributed by atoms with Gasteiger partial charge in [0.2, 0.25) is 0 Å². The smallest absolute Gasteiger partial charge is 0.380 e. The highest BCUT2D eigenvalue weighted by molar-refractivity contribution is 5.89. The summed E-state index contributed by atoms with van der Waals surface area (Å²) < 4.78 is 79.4. The van der Waals surface area contributed by atoms with E-state index in [0.29, 0.717) is 11.6 Å². The Morgan fingerprint density at radius 3 is 2.31 bits per heavy atom. The number of aromatic nitrogens is 1. The average Bonchev–Trinajstić information content (AvgIpc) is 3.08. The predicted octanol–water partition coefficient (Wildman–Crippen LogP) is 5.79. The van der Waals surface area contributed by atoms with Crippen LogP contribution in [0.4, 0.5) is 32.0 Å². The summed E-state index contributed by atoms with van der Waals surface area (Å²) in [6, 6.07) is 7.32. The van der Waals surface area contributed by atoms with Crippen molar-refractivity contribution in [1.29, 1.82) is 0 Å². The second kappa shape index (κ2) is 7.98. The number of aliphatic hydroxyl groups is 1. The Bertz CT molecular complexity index is 1220. The van der Waals surface area contributed by atoms with Gasteiger partial charge in [-0.3, -0.25) is 4.79 Å². The van der Waals surface area contributed by atoms with Crippen LogP contribution in [0.15, 0.2) is 48.7 Å². The predicted molar refractivity (Wildman–Crippen MR) is 104 cm³/mol. The third-order valence-corrected chi connectivity index (χ3v) is 5.03. The quantitative estimate of drug-likeness (QED) is 0.392. The lowest BCUT2D eigenvalue weighted by atomic mass is 9.94. The van der Waals surface area contributed by atoms with Crippen LogP contribution in [0.1, 0.15) is 23.6 Å². The molecule has 10 heteroatoms. The molecule has 0 bridgehead atoms. The van der Waals surface area contributed by atoms with E-state index in [9.17, 15) is 36.2 Å². The zero-order valence-corrected chi connectivity index (χ0v) is 16.6. The van der Waals surface area contributed by atoms with Crippen LogP contribution < -0.4 is 0 Å². The molecule has 0 aliphatic carbocycles. The molecule has 0 saturated carbocycles. The molecule has 2 aromatic carbocycles. The standard InChI is InChI=1S/C22H16F6N2O2/c1-20(32,12-30-8-7-14-11-15(21(23,24)25)4-6-18(14)30)19(31)10-13-3-5-17(29-2)16(9-13)22(26,27)28/h3-9,11,32H,10,12H2,1H3/t20-/m0/s1. The minimum atomic E-state index is -4.78. The molecule has 1 N–H and O–H groups in total. The van der Waals surface area contributed by atoms with E-state index in [1.165, 1.54) is 35.9 Å². The van der Waals surface area contributed by atoms with Crippen molar-refractivity contribution in [1.82, 2.24) is 4.57 Å². The van der Waals surface area contributed by atoms with Gasteiger partial charge in [0.1, 0.15) is 5.60 Å².